The Hall–Kier alpha value is -3.84. The van der Waals surface area contributed by atoms with Gasteiger partial charge in [0.15, 0.2) is 0 Å². The molecule has 4 N–H and O–H groups in total. The zero-order valence-electron chi connectivity index (χ0n) is 21.8. The van der Waals surface area contributed by atoms with Gasteiger partial charge in [0.2, 0.25) is 5.91 Å². The van der Waals surface area contributed by atoms with Gasteiger partial charge in [-0.05, 0) is 69.4 Å². The third-order valence-electron chi connectivity index (χ3n) is 6.17. The number of nitrogens with one attached hydrogen (secondary N) is 2. The van der Waals surface area contributed by atoms with E-state index in [0.29, 0.717) is 16.6 Å². The Morgan fingerprint density at radius 2 is 1.68 bits per heavy atom. The van der Waals surface area contributed by atoms with E-state index in [4.69, 9.17) is 5.21 Å². The Bertz CT molecular complexity index is 1300. The van der Waals surface area contributed by atoms with Crippen LogP contribution in [0, 0.1) is 5.92 Å². The summed E-state index contributed by atoms with van der Waals surface area (Å²) in [6.45, 7) is 2.66. The van der Waals surface area contributed by atoms with Crippen molar-refractivity contribution < 1.29 is 42.2 Å². The second-order valence-electron chi connectivity index (χ2n) is 9.95. The highest BCUT2D eigenvalue weighted by Crippen LogP contribution is 2.26. The van der Waals surface area contributed by atoms with E-state index in [-0.39, 0.29) is 31.4 Å². The summed E-state index contributed by atoms with van der Waals surface area (Å²) in [5.74, 6) is -2.97. The highest BCUT2D eigenvalue weighted by molar-refractivity contribution is 5.94. The number of rotatable bonds is 12. The van der Waals surface area contributed by atoms with Gasteiger partial charge >= 0.3 is 6.36 Å². The molecule has 0 spiro atoms. The Morgan fingerprint density at radius 3 is 2.27 bits per heavy atom. The number of hydrogen-bond acceptors (Lipinski definition) is 7. The molecule has 9 nitrogen and oxygen atoms in total. The normalized spacial score (nSPS) is 14.3. The number of carbonyl (C=O) groups is 2. The molecule has 0 saturated carbocycles. The minimum atomic E-state index is -4.87. The lowest BCUT2D eigenvalue weighted by atomic mass is 9.88. The molecule has 3 atom stereocenters. The van der Waals surface area contributed by atoms with Crippen molar-refractivity contribution in [2.24, 2.45) is 5.92 Å². The standard InChI is InChI=1S/C27H30F4N4O5/c1-26(2,28)12-11-17(24(37)35-39)14-23(36)21(13-16-7-9-18(10-8-16)40-27(29,30)31)34-25(38)22-15-32-19-5-3-4-6-20(19)33-22/h3-10,15,17,21,23,36,39H,11-14H2,1-2H3,(H,34,38)(H,35,37). The molecule has 1 heterocycles. The molecule has 1 aromatic heterocycles. The van der Waals surface area contributed by atoms with Crippen LogP contribution in [0.1, 0.15) is 49.2 Å². The summed E-state index contributed by atoms with van der Waals surface area (Å²) < 4.78 is 55.6. The summed E-state index contributed by atoms with van der Waals surface area (Å²) in [6.07, 6.45) is -5.35. The lowest BCUT2D eigenvalue weighted by Crippen LogP contribution is -2.47. The highest BCUT2D eigenvalue weighted by atomic mass is 19.4. The van der Waals surface area contributed by atoms with E-state index in [0.717, 1.165) is 12.1 Å². The van der Waals surface area contributed by atoms with Crippen LogP contribution in [-0.4, -0.2) is 56.3 Å². The number of hydroxylamine groups is 1. The predicted molar refractivity (Wildman–Crippen MR) is 136 cm³/mol. The van der Waals surface area contributed by atoms with Gasteiger partial charge in [0.05, 0.1) is 29.4 Å². The van der Waals surface area contributed by atoms with Crippen molar-refractivity contribution in [2.45, 2.75) is 63.7 Å². The molecule has 0 bridgehead atoms. The van der Waals surface area contributed by atoms with Gasteiger partial charge in [0, 0.05) is 5.92 Å². The molecule has 3 unspecified atom stereocenters. The SMILES string of the molecule is CC(C)(F)CCC(CC(O)C(Cc1ccc(OC(F)(F)F)cc1)NC(=O)c1cnc2ccccc2n1)C(=O)NO. The van der Waals surface area contributed by atoms with E-state index in [1.54, 1.807) is 24.3 Å². The molecule has 0 aliphatic rings. The minimum Gasteiger partial charge on any atom is -0.406 e. The molecule has 0 aliphatic heterocycles. The van der Waals surface area contributed by atoms with Crippen LogP contribution in [0.3, 0.4) is 0 Å². The third-order valence-corrected chi connectivity index (χ3v) is 6.17. The van der Waals surface area contributed by atoms with Crippen molar-refractivity contribution in [3.8, 4) is 5.75 Å². The van der Waals surface area contributed by atoms with Crippen LogP contribution in [0.25, 0.3) is 11.0 Å². The molecule has 40 heavy (non-hydrogen) atoms. The van der Waals surface area contributed by atoms with E-state index >= 15 is 0 Å². The molecular weight excluding hydrogens is 536 g/mol. The van der Waals surface area contributed by atoms with Gasteiger partial charge in [-0.25, -0.2) is 14.9 Å². The molecule has 13 heteroatoms. The van der Waals surface area contributed by atoms with Gasteiger partial charge in [0.1, 0.15) is 17.1 Å². The van der Waals surface area contributed by atoms with Gasteiger partial charge in [0.25, 0.3) is 5.91 Å². The second kappa shape index (κ2) is 13.0. The van der Waals surface area contributed by atoms with E-state index < -0.39 is 47.7 Å². The highest BCUT2D eigenvalue weighted by Gasteiger charge is 2.32. The molecule has 0 radical (unpaired) electrons. The number of aromatic nitrogens is 2. The number of ether oxygens (including phenoxy) is 1. The molecule has 0 aliphatic carbocycles. The summed E-state index contributed by atoms with van der Waals surface area (Å²) >= 11 is 0. The van der Waals surface area contributed by atoms with Crippen molar-refractivity contribution in [1.82, 2.24) is 20.8 Å². The Morgan fingerprint density at radius 1 is 1.02 bits per heavy atom. The zero-order valence-corrected chi connectivity index (χ0v) is 21.8. The smallest absolute Gasteiger partial charge is 0.406 e. The first-order valence-corrected chi connectivity index (χ1v) is 12.4. The fraction of sp³-hybridized carbons (Fsp3) is 0.407. The van der Waals surface area contributed by atoms with Gasteiger partial charge in [-0.3, -0.25) is 19.8 Å². The number of benzene rings is 2. The lowest BCUT2D eigenvalue weighted by Gasteiger charge is -2.28. The fourth-order valence-corrected chi connectivity index (χ4v) is 4.09. The number of aliphatic hydroxyl groups excluding tert-OH is 1. The van der Waals surface area contributed by atoms with Crippen molar-refractivity contribution >= 4 is 22.8 Å². The van der Waals surface area contributed by atoms with E-state index in [1.165, 1.54) is 37.7 Å². The Balaban J connectivity index is 1.83. The van der Waals surface area contributed by atoms with Crippen LogP contribution in [0.5, 0.6) is 5.75 Å². The van der Waals surface area contributed by atoms with Crippen LogP contribution in [0.15, 0.2) is 54.7 Å². The number of fused-ring (bicyclic) bond motifs is 1. The minimum absolute atomic E-state index is 0.00670. The van der Waals surface area contributed by atoms with Crippen molar-refractivity contribution in [3.05, 3.63) is 66.0 Å². The molecule has 2 amide bonds. The zero-order chi connectivity index (χ0) is 29.5. The van der Waals surface area contributed by atoms with Gasteiger partial charge in [-0.1, -0.05) is 24.3 Å². The molecule has 3 aromatic rings. The monoisotopic (exact) mass is 566 g/mol. The first kappa shape index (κ1) is 30.7. The number of aliphatic hydroxyl groups is 1. The summed E-state index contributed by atoms with van der Waals surface area (Å²) in [7, 11) is 0. The van der Waals surface area contributed by atoms with Gasteiger partial charge < -0.3 is 15.2 Å². The van der Waals surface area contributed by atoms with Crippen LogP contribution in [-0.2, 0) is 11.2 Å². The molecule has 0 saturated heterocycles. The first-order valence-electron chi connectivity index (χ1n) is 12.4. The van der Waals surface area contributed by atoms with Crippen LogP contribution in [0.4, 0.5) is 17.6 Å². The second-order valence-corrected chi connectivity index (χ2v) is 9.95. The maximum Gasteiger partial charge on any atom is 0.573 e. The maximum atomic E-state index is 14.1. The van der Waals surface area contributed by atoms with Gasteiger partial charge in [-0.2, -0.15) is 0 Å². The number of nitrogens with zero attached hydrogens (tertiary/aromatic N) is 2. The maximum absolute atomic E-state index is 14.1. The molecule has 0 fully saturated rings. The van der Waals surface area contributed by atoms with E-state index in [2.05, 4.69) is 20.0 Å². The lowest BCUT2D eigenvalue weighted by molar-refractivity contribution is -0.274. The summed E-state index contributed by atoms with van der Waals surface area (Å²) in [4.78, 5) is 33.8. The van der Waals surface area contributed by atoms with Crippen LogP contribution >= 0.6 is 0 Å². The number of halogens is 4. The third kappa shape index (κ3) is 9.42. The van der Waals surface area contributed by atoms with Gasteiger partial charge in [-0.15, -0.1) is 13.2 Å². The van der Waals surface area contributed by atoms with Crippen LogP contribution < -0.4 is 15.5 Å². The number of para-hydroxylation sites is 2. The molecule has 3 rings (SSSR count). The Kier molecular flexibility index (Phi) is 9.98. The molecule has 216 valence electrons. The number of carbonyl (C=O) groups excluding carboxylic acids is 2. The summed E-state index contributed by atoms with van der Waals surface area (Å²) in [5.41, 5.74) is 1.32. The van der Waals surface area contributed by atoms with Crippen molar-refractivity contribution in [2.75, 3.05) is 0 Å². The average Bonchev–Trinajstić information content (AvgIpc) is 2.89. The first-order chi connectivity index (χ1) is 18.7. The topological polar surface area (TPSA) is 134 Å². The number of alkyl halides is 4. The predicted octanol–water partition coefficient (Wildman–Crippen LogP) is 4.27. The average molecular weight is 567 g/mol. The fourth-order valence-electron chi connectivity index (χ4n) is 4.09. The molecule has 2 aromatic carbocycles. The molecular formula is C27H30F4N4O5. The quantitative estimate of drug-likeness (QED) is 0.146. The Labute approximate surface area is 227 Å². The number of hydrogen-bond donors (Lipinski definition) is 4. The summed E-state index contributed by atoms with van der Waals surface area (Å²) in [6, 6.07) is 10.7. The van der Waals surface area contributed by atoms with E-state index in [9.17, 15) is 32.3 Å². The van der Waals surface area contributed by atoms with Crippen molar-refractivity contribution in [3.63, 3.8) is 0 Å². The number of amides is 2. The van der Waals surface area contributed by atoms with E-state index in [1.807, 2.05) is 0 Å². The summed E-state index contributed by atoms with van der Waals surface area (Å²) in [5, 5.41) is 22.9. The van der Waals surface area contributed by atoms with Crippen LogP contribution in [0.2, 0.25) is 0 Å². The van der Waals surface area contributed by atoms with Crippen molar-refractivity contribution in [1.29, 1.82) is 0 Å². The largest absolute Gasteiger partial charge is 0.573 e.